The standard InChI is InChI=1S/C10H12ClFN2O3/c11-8-7(12)9(15)14(10(16)13-8)3-4-17-5-6-1-2-6/h6H,1-5H2,(H,13,16). The highest BCUT2D eigenvalue weighted by Gasteiger charge is 2.21. The van der Waals surface area contributed by atoms with Gasteiger partial charge >= 0.3 is 5.69 Å². The summed E-state index contributed by atoms with van der Waals surface area (Å²) < 4.78 is 19.2. The van der Waals surface area contributed by atoms with Gasteiger partial charge < -0.3 is 4.74 Å². The van der Waals surface area contributed by atoms with Crippen LogP contribution in [-0.4, -0.2) is 22.8 Å². The highest BCUT2D eigenvalue weighted by molar-refractivity contribution is 6.29. The zero-order valence-electron chi connectivity index (χ0n) is 9.04. The molecule has 0 atom stereocenters. The van der Waals surface area contributed by atoms with Crippen molar-refractivity contribution in [1.29, 1.82) is 0 Å². The van der Waals surface area contributed by atoms with Gasteiger partial charge in [-0.05, 0) is 18.8 Å². The molecule has 0 saturated heterocycles. The smallest absolute Gasteiger partial charge is 0.329 e. The predicted octanol–water partition coefficient (Wildman–Crippen LogP) is 0.756. The number of rotatable bonds is 5. The lowest BCUT2D eigenvalue weighted by molar-refractivity contribution is 0.115. The number of nitrogens with zero attached hydrogens (tertiary/aromatic N) is 1. The lowest BCUT2D eigenvalue weighted by atomic mass is 10.5. The monoisotopic (exact) mass is 262 g/mol. The maximum absolute atomic E-state index is 13.1. The topological polar surface area (TPSA) is 64.1 Å². The minimum absolute atomic E-state index is 0.0228. The Kier molecular flexibility index (Phi) is 3.63. The Morgan fingerprint density at radius 3 is 2.82 bits per heavy atom. The molecular formula is C10H12ClFN2O3. The summed E-state index contributed by atoms with van der Waals surface area (Å²) in [6.45, 7) is 0.859. The van der Waals surface area contributed by atoms with Crippen molar-refractivity contribution in [3.8, 4) is 0 Å². The number of hydrogen-bond acceptors (Lipinski definition) is 3. The van der Waals surface area contributed by atoms with Crippen molar-refractivity contribution in [2.75, 3.05) is 13.2 Å². The van der Waals surface area contributed by atoms with Gasteiger partial charge in [-0.1, -0.05) is 11.6 Å². The van der Waals surface area contributed by atoms with E-state index in [1.807, 2.05) is 0 Å². The van der Waals surface area contributed by atoms with Gasteiger partial charge in [-0.25, -0.2) is 4.79 Å². The number of halogens is 2. The molecule has 1 N–H and O–H groups in total. The van der Waals surface area contributed by atoms with Crippen molar-refractivity contribution in [2.24, 2.45) is 5.92 Å². The van der Waals surface area contributed by atoms with E-state index in [4.69, 9.17) is 16.3 Å². The minimum Gasteiger partial charge on any atom is -0.379 e. The van der Waals surface area contributed by atoms with E-state index in [-0.39, 0.29) is 13.2 Å². The van der Waals surface area contributed by atoms with Gasteiger partial charge in [0.2, 0.25) is 5.82 Å². The molecular weight excluding hydrogens is 251 g/mol. The first-order chi connectivity index (χ1) is 8.09. The molecule has 0 amide bonds. The molecule has 7 heteroatoms. The molecule has 0 radical (unpaired) electrons. The number of ether oxygens (including phenoxy) is 1. The van der Waals surface area contributed by atoms with Gasteiger partial charge in [0.25, 0.3) is 5.56 Å². The molecule has 0 aliphatic heterocycles. The largest absolute Gasteiger partial charge is 0.379 e. The third-order valence-electron chi connectivity index (χ3n) is 2.60. The van der Waals surface area contributed by atoms with Crippen molar-refractivity contribution < 1.29 is 9.13 Å². The summed E-state index contributed by atoms with van der Waals surface area (Å²) in [5.74, 6) is -0.541. The van der Waals surface area contributed by atoms with Crippen LogP contribution < -0.4 is 11.2 Å². The van der Waals surface area contributed by atoms with Gasteiger partial charge in [0.15, 0.2) is 5.15 Å². The van der Waals surface area contributed by atoms with Crippen LogP contribution >= 0.6 is 11.6 Å². The molecule has 5 nitrogen and oxygen atoms in total. The van der Waals surface area contributed by atoms with E-state index in [0.717, 1.165) is 17.4 Å². The Bertz CT molecular complexity index is 521. The van der Waals surface area contributed by atoms with Crippen LogP contribution in [0.15, 0.2) is 9.59 Å². The number of aromatic amines is 1. The van der Waals surface area contributed by atoms with Crippen LogP contribution in [0.25, 0.3) is 0 Å². The van der Waals surface area contributed by atoms with E-state index in [9.17, 15) is 14.0 Å². The zero-order chi connectivity index (χ0) is 12.4. The minimum atomic E-state index is -1.14. The second kappa shape index (κ2) is 5.01. The molecule has 1 aliphatic rings. The number of nitrogens with one attached hydrogen (secondary N) is 1. The Labute approximate surface area is 101 Å². The van der Waals surface area contributed by atoms with E-state index in [1.54, 1.807) is 0 Å². The third kappa shape index (κ3) is 2.95. The van der Waals surface area contributed by atoms with Crippen molar-refractivity contribution >= 4 is 11.6 Å². The fourth-order valence-electron chi connectivity index (χ4n) is 1.41. The van der Waals surface area contributed by atoms with Crippen molar-refractivity contribution in [1.82, 2.24) is 9.55 Å². The molecule has 0 aromatic carbocycles. The first-order valence-corrected chi connectivity index (χ1v) is 5.73. The highest BCUT2D eigenvalue weighted by Crippen LogP contribution is 2.28. The molecule has 1 heterocycles. The Morgan fingerprint density at radius 1 is 1.47 bits per heavy atom. The van der Waals surface area contributed by atoms with Crippen LogP contribution in [0.1, 0.15) is 12.8 Å². The number of aromatic nitrogens is 2. The van der Waals surface area contributed by atoms with E-state index in [0.29, 0.717) is 12.5 Å². The summed E-state index contributed by atoms with van der Waals surface area (Å²) in [5, 5.41) is -0.560. The number of H-pyrrole nitrogens is 1. The molecule has 17 heavy (non-hydrogen) atoms. The molecule has 0 spiro atoms. The predicted molar refractivity (Wildman–Crippen MR) is 59.8 cm³/mol. The first-order valence-electron chi connectivity index (χ1n) is 5.35. The van der Waals surface area contributed by atoms with Crippen LogP contribution in [-0.2, 0) is 11.3 Å². The lowest BCUT2D eigenvalue weighted by Gasteiger charge is -2.06. The average molecular weight is 263 g/mol. The lowest BCUT2D eigenvalue weighted by Crippen LogP contribution is -2.38. The van der Waals surface area contributed by atoms with Gasteiger partial charge in [-0.3, -0.25) is 14.3 Å². The van der Waals surface area contributed by atoms with Crippen molar-refractivity contribution in [3.05, 3.63) is 31.8 Å². The SMILES string of the molecule is O=c1[nH]c(Cl)c(F)c(=O)n1CCOCC1CC1. The van der Waals surface area contributed by atoms with Crippen LogP contribution in [0, 0.1) is 11.7 Å². The van der Waals surface area contributed by atoms with Gasteiger partial charge in [0.05, 0.1) is 13.2 Å². The van der Waals surface area contributed by atoms with E-state index >= 15 is 0 Å². The summed E-state index contributed by atoms with van der Waals surface area (Å²) in [7, 11) is 0. The van der Waals surface area contributed by atoms with Crippen LogP contribution in [0.3, 0.4) is 0 Å². The van der Waals surface area contributed by atoms with E-state index in [2.05, 4.69) is 4.98 Å². The van der Waals surface area contributed by atoms with Crippen LogP contribution in [0.2, 0.25) is 5.15 Å². The molecule has 94 valence electrons. The van der Waals surface area contributed by atoms with Crippen LogP contribution in [0.4, 0.5) is 4.39 Å². The molecule has 0 bridgehead atoms. The molecule has 1 aliphatic carbocycles. The maximum atomic E-state index is 13.1. The van der Waals surface area contributed by atoms with Gasteiger partial charge in [0, 0.05) is 6.61 Å². The summed E-state index contributed by atoms with van der Waals surface area (Å²) in [6, 6.07) is 0. The first kappa shape index (κ1) is 12.3. The Morgan fingerprint density at radius 2 is 2.18 bits per heavy atom. The number of hydrogen-bond donors (Lipinski definition) is 1. The van der Waals surface area contributed by atoms with Crippen LogP contribution in [0.5, 0.6) is 0 Å². The van der Waals surface area contributed by atoms with Gasteiger partial charge in [-0.2, -0.15) is 4.39 Å². The average Bonchev–Trinajstić information content (AvgIpc) is 3.09. The fourth-order valence-corrected chi connectivity index (χ4v) is 1.58. The molecule has 1 fully saturated rings. The second-order valence-electron chi connectivity index (χ2n) is 4.03. The third-order valence-corrected chi connectivity index (χ3v) is 2.86. The highest BCUT2D eigenvalue weighted by atomic mass is 35.5. The molecule has 1 aromatic heterocycles. The second-order valence-corrected chi connectivity index (χ2v) is 4.41. The zero-order valence-corrected chi connectivity index (χ0v) is 9.80. The van der Waals surface area contributed by atoms with Gasteiger partial charge in [0.1, 0.15) is 0 Å². The summed E-state index contributed by atoms with van der Waals surface area (Å²) >= 11 is 5.33. The molecule has 1 aromatic rings. The summed E-state index contributed by atoms with van der Waals surface area (Å²) in [4.78, 5) is 24.8. The van der Waals surface area contributed by atoms with E-state index < -0.39 is 22.2 Å². The Hall–Kier alpha value is -1.14. The summed E-state index contributed by atoms with van der Waals surface area (Å²) in [5.41, 5.74) is -1.75. The van der Waals surface area contributed by atoms with E-state index in [1.165, 1.54) is 0 Å². The Balaban J connectivity index is 2.01. The summed E-state index contributed by atoms with van der Waals surface area (Å²) in [6.07, 6.45) is 2.33. The normalized spacial score (nSPS) is 15.2. The molecule has 0 unspecified atom stereocenters. The fraction of sp³-hybridized carbons (Fsp3) is 0.600. The molecule has 2 rings (SSSR count). The maximum Gasteiger partial charge on any atom is 0.329 e. The molecule has 1 saturated carbocycles. The van der Waals surface area contributed by atoms with Crippen molar-refractivity contribution in [2.45, 2.75) is 19.4 Å². The van der Waals surface area contributed by atoms with Crippen molar-refractivity contribution in [3.63, 3.8) is 0 Å². The quantitative estimate of drug-likeness (QED) is 0.629. The van der Waals surface area contributed by atoms with Gasteiger partial charge in [-0.15, -0.1) is 0 Å².